The zero-order valence-corrected chi connectivity index (χ0v) is 15.0. The van der Waals surface area contributed by atoms with Crippen LogP contribution in [-0.2, 0) is 4.74 Å². The van der Waals surface area contributed by atoms with Gasteiger partial charge in [0.05, 0.1) is 6.04 Å². The minimum Gasteiger partial charge on any atom is -0.440 e. The third kappa shape index (κ3) is 4.92. The van der Waals surface area contributed by atoms with E-state index >= 15 is 0 Å². The van der Waals surface area contributed by atoms with Crippen molar-refractivity contribution in [3.63, 3.8) is 0 Å². The summed E-state index contributed by atoms with van der Waals surface area (Å²) in [6.07, 6.45) is 1.23. The van der Waals surface area contributed by atoms with E-state index in [-0.39, 0.29) is 17.6 Å². The predicted octanol–water partition coefficient (Wildman–Crippen LogP) is 3.70. The zero-order valence-electron chi connectivity index (χ0n) is 15.0. The second kappa shape index (κ2) is 8.77. The van der Waals surface area contributed by atoms with Gasteiger partial charge in [-0.05, 0) is 49.2 Å². The fourth-order valence-corrected chi connectivity index (χ4v) is 3.54. The first-order valence-corrected chi connectivity index (χ1v) is 9.09. The lowest BCUT2D eigenvalue weighted by Gasteiger charge is -2.36. The molecule has 0 saturated carbocycles. The average Bonchev–Trinajstić information content (AvgIpc) is 2.68. The van der Waals surface area contributed by atoms with E-state index in [2.05, 4.69) is 0 Å². The summed E-state index contributed by atoms with van der Waals surface area (Å²) in [6, 6.07) is 14.6. The lowest BCUT2D eigenvalue weighted by atomic mass is 9.93. The molecule has 2 atom stereocenters. The number of hydrogen-bond acceptors (Lipinski definition) is 4. The highest BCUT2D eigenvalue weighted by molar-refractivity contribution is 6.00. The number of Topliss-reactive ketones (excluding diaryl/α,β-unsaturated/α-hetero) is 1. The van der Waals surface area contributed by atoms with Crippen molar-refractivity contribution >= 4 is 11.9 Å². The van der Waals surface area contributed by atoms with Crippen LogP contribution in [0.4, 0.5) is 9.18 Å². The maximum atomic E-state index is 13.2. The molecule has 1 heterocycles. The van der Waals surface area contributed by atoms with Gasteiger partial charge in [-0.3, -0.25) is 9.69 Å². The van der Waals surface area contributed by atoms with Gasteiger partial charge in [-0.2, -0.15) is 0 Å². The number of piperidine rings is 1. The summed E-state index contributed by atoms with van der Waals surface area (Å²) >= 11 is 0. The molecule has 0 aliphatic carbocycles. The number of hydrogen-bond donors (Lipinski definition) is 1. The van der Waals surface area contributed by atoms with Gasteiger partial charge < -0.3 is 10.5 Å². The van der Waals surface area contributed by atoms with Crippen LogP contribution >= 0.6 is 0 Å². The monoisotopic (exact) mass is 370 g/mol. The van der Waals surface area contributed by atoms with Crippen molar-refractivity contribution in [3.05, 3.63) is 71.5 Å². The molecule has 2 N–H and O–H groups in total. The van der Waals surface area contributed by atoms with Crippen LogP contribution < -0.4 is 5.73 Å². The molecule has 0 bridgehead atoms. The average molecular weight is 370 g/mol. The SMILES string of the molecule is NC(=O)OC(CN1CCCCC1C(=O)c1ccc(F)cc1)c1ccccc1. The van der Waals surface area contributed by atoms with E-state index in [9.17, 15) is 14.0 Å². The Morgan fingerprint density at radius 2 is 1.81 bits per heavy atom. The van der Waals surface area contributed by atoms with Gasteiger partial charge in [-0.1, -0.05) is 36.8 Å². The molecule has 0 spiro atoms. The van der Waals surface area contributed by atoms with Crippen molar-refractivity contribution in [2.45, 2.75) is 31.4 Å². The molecule has 1 aliphatic rings. The number of benzene rings is 2. The van der Waals surface area contributed by atoms with Crippen molar-refractivity contribution in [2.24, 2.45) is 5.73 Å². The lowest BCUT2D eigenvalue weighted by molar-refractivity contribution is 0.0439. The van der Waals surface area contributed by atoms with Crippen LogP contribution in [0.15, 0.2) is 54.6 Å². The fourth-order valence-electron chi connectivity index (χ4n) is 3.54. The molecule has 2 unspecified atom stereocenters. The quantitative estimate of drug-likeness (QED) is 0.787. The van der Waals surface area contributed by atoms with E-state index in [0.29, 0.717) is 18.5 Å². The van der Waals surface area contributed by atoms with E-state index in [0.717, 1.165) is 24.9 Å². The maximum Gasteiger partial charge on any atom is 0.405 e. The van der Waals surface area contributed by atoms with Gasteiger partial charge in [0.15, 0.2) is 5.78 Å². The van der Waals surface area contributed by atoms with Gasteiger partial charge in [-0.15, -0.1) is 0 Å². The molecular weight excluding hydrogens is 347 g/mol. The number of carbonyl (C=O) groups is 2. The predicted molar refractivity (Wildman–Crippen MR) is 99.8 cm³/mol. The number of nitrogens with two attached hydrogens (primary N) is 1. The standard InChI is InChI=1S/C21H23FN2O3/c22-17-11-9-16(10-12-17)20(25)18-8-4-5-13-24(18)14-19(27-21(23)26)15-6-2-1-3-7-15/h1-3,6-7,9-12,18-19H,4-5,8,13-14H2,(H2,23,26). The van der Waals surface area contributed by atoms with Crippen LogP contribution in [0.1, 0.15) is 41.3 Å². The Bertz CT molecular complexity index is 780. The van der Waals surface area contributed by atoms with Crippen LogP contribution in [0.5, 0.6) is 0 Å². The molecule has 1 amide bonds. The topological polar surface area (TPSA) is 72.6 Å². The molecule has 0 aromatic heterocycles. The highest BCUT2D eigenvalue weighted by atomic mass is 19.1. The molecule has 6 heteroatoms. The van der Waals surface area contributed by atoms with Crippen molar-refractivity contribution in [2.75, 3.05) is 13.1 Å². The van der Waals surface area contributed by atoms with Gasteiger partial charge in [0.25, 0.3) is 0 Å². The molecule has 1 aliphatic heterocycles. The minimum atomic E-state index is -0.845. The van der Waals surface area contributed by atoms with Crippen LogP contribution in [0.25, 0.3) is 0 Å². The van der Waals surface area contributed by atoms with Crippen LogP contribution in [-0.4, -0.2) is 35.9 Å². The van der Waals surface area contributed by atoms with Crippen molar-refractivity contribution < 1.29 is 18.7 Å². The van der Waals surface area contributed by atoms with Crippen molar-refractivity contribution in [3.8, 4) is 0 Å². The summed E-state index contributed by atoms with van der Waals surface area (Å²) in [6.45, 7) is 1.10. The third-order valence-electron chi connectivity index (χ3n) is 4.88. The Morgan fingerprint density at radius 3 is 2.48 bits per heavy atom. The van der Waals surface area contributed by atoms with Crippen molar-refractivity contribution in [1.82, 2.24) is 4.90 Å². The molecule has 142 valence electrons. The van der Waals surface area contributed by atoms with Crippen molar-refractivity contribution in [1.29, 1.82) is 0 Å². The van der Waals surface area contributed by atoms with E-state index in [1.807, 2.05) is 35.2 Å². The Labute approximate surface area is 157 Å². The van der Waals surface area contributed by atoms with Gasteiger partial charge in [-0.25, -0.2) is 9.18 Å². The lowest BCUT2D eigenvalue weighted by Crippen LogP contribution is -2.47. The Balaban J connectivity index is 1.80. The Hall–Kier alpha value is -2.73. The molecule has 2 aromatic carbocycles. The van der Waals surface area contributed by atoms with E-state index < -0.39 is 12.2 Å². The van der Waals surface area contributed by atoms with E-state index in [1.54, 1.807) is 0 Å². The first-order chi connectivity index (χ1) is 13.0. The number of primary amides is 1. The summed E-state index contributed by atoms with van der Waals surface area (Å²) in [7, 11) is 0. The fraction of sp³-hybridized carbons (Fsp3) is 0.333. The van der Waals surface area contributed by atoms with Gasteiger partial charge in [0.2, 0.25) is 0 Å². The third-order valence-corrected chi connectivity index (χ3v) is 4.88. The molecular formula is C21H23FN2O3. The number of rotatable bonds is 6. The summed E-state index contributed by atoms with van der Waals surface area (Å²) in [4.78, 5) is 26.4. The number of ether oxygens (including phenoxy) is 1. The van der Waals surface area contributed by atoms with Crippen LogP contribution in [0, 0.1) is 5.82 Å². The van der Waals surface area contributed by atoms with Gasteiger partial charge >= 0.3 is 6.09 Å². The van der Waals surface area contributed by atoms with E-state index in [4.69, 9.17) is 10.5 Å². The second-order valence-corrected chi connectivity index (χ2v) is 6.71. The molecule has 1 saturated heterocycles. The first-order valence-electron chi connectivity index (χ1n) is 9.09. The number of nitrogens with zero attached hydrogens (tertiary/aromatic N) is 1. The summed E-state index contributed by atoms with van der Waals surface area (Å²) in [5, 5.41) is 0. The van der Waals surface area contributed by atoms with E-state index in [1.165, 1.54) is 24.3 Å². The molecule has 1 fully saturated rings. The Morgan fingerprint density at radius 1 is 1.11 bits per heavy atom. The molecule has 5 nitrogen and oxygen atoms in total. The molecule has 2 aromatic rings. The first kappa shape index (κ1) is 19.0. The highest BCUT2D eigenvalue weighted by Crippen LogP contribution is 2.26. The van der Waals surface area contributed by atoms with Gasteiger partial charge in [0.1, 0.15) is 11.9 Å². The number of likely N-dealkylation sites (tertiary alicyclic amines) is 1. The summed E-state index contributed by atoms with van der Waals surface area (Å²) < 4.78 is 18.5. The smallest absolute Gasteiger partial charge is 0.405 e. The number of carbonyl (C=O) groups excluding carboxylic acids is 2. The number of ketones is 1. The Kier molecular flexibility index (Phi) is 6.19. The minimum absolute atomic E-state index is 0.0411. The van der Waals surface area contributed by atoms with Crippen LogP contribution in [0.3, 0.4) is 0 Å². The zero-order chi connectivity index (χ0) is 19.2. The highest BCUT2D eigenvalue weighted by Gasteiger charge is 2.32. The molecule has 3 rings (SSSR count). The molecule has 27 heavy (non-hydrogen) atoms. The largest absolute Gasteiger partial charge is 0.440 e. The van der Waals surface area contributed by atoms with Gasteiger partial charge in [0, 0.05) is 12.1 Å². The number of halogens is 1. The second-order valence-electron chi connectivity index (χ2n) is 6.71. The number of amides is 1. The molecule has 0 radical (unpaired) electrons. The summed E-state index contributed by atoms with van der Waals surface area (Å²) in [5.41, 5.74) is 6.57. The summed E-state index contributed by atoms with van der Waals surface area (Å²) in [5.74, 6) is -0.411. The van der Waals surface area contributed by atoms with Crippen LogP contribution in [0.2, 0.25) is 0 Å². The maximum absolute atomic E-state index is 13.2. The normalized spacial score (nSPS) is 18.6.